The average Bonchev–Trinajstić information content (AvgIpc) is 2.90. The molecule has 2 aromatic rings. The highest BCUT2D eigenvalue weighted by atomic mass is 32.1. The lowest BCUT2D eigenvalue weighted by Crippen LogP contribution is -2.58. The molecule has 4 unspecified atom stereocenters. The minimum Gasteiger partial charge on any atom is -0.508 e. The number of phenols is 1. The molecule has 0 heterocycles. The molecule has 0 aliphatic carbocycles. The van der Waals surface area contributed by atoms with Crippen molar-refractivity contribution >= 4 is 42.2 Å². The molecule has 2 aromatic carbocycles. The summed E-state index contributed by atoms with van der Waals surface area (Å²) in [5, 5.41) is 26.3. The molecule has 4 atom stereocenters. The number of nitrogens with two attached hydrogens (primary N) is 2. The maximum absolute atomic E-state index is 13.0. The van der Waals surface area contributed by atoms with Crippen molar-refractivity contribution in [3.05, 3.63) is 65.7 Å². The summed E-state index contributed by atoms with van der Waals surface area (Å²) in [7, 11) is 0. The molecule has 210 valence electrons. The zero-order valence-corrected chi connectivity index (χ0v) is 22.0. The van der Waals surface area contributed by atoms with Crippen molar-refractivity contribution in [2.75, 3.05) is 5.75 Å². The van der Waals surface area contributed by atoms with E-state index in [2.05, 4.69) is 28.6 Å². The summed E-state index contributed by atoms with van der Waals surface area (Å²) in [5.41, 5.74) is 12.6. The summed E-state index contributed by atoms with van der Waals surface area (Å²) in [4.78, 5) is 61.6. The van der Waals surface area contributed by atoms with E-state index in [0.29, 0.717) is 11.1 Å². The Hall–Kier alpha value is -4.10. The summed E-state index contributed by atoms with van der Waals surface area (Å²) in [5.74, 6) is -4.36. The number of carbonyl (C=O) groups is 5. The van der Waals surface area contributed by atoms with Crippen LogP contribution in [0.25, 0.3) is 0 Å². The number of primary amides is 1. The lowest BCUT2D eigenvalue weighted by molar-refractivity contribution is -0.142. The number of carboxylic acid groups (broad SMARTS) is 1. The van der Waals surface area contributed by atoms with E-state index in [0.717, 1.165) is 0 Å². The summed E-state index contributed by atoms with van der Waals surface area (Å²) in [6, 6.07) is 9.96. The minimum absolute atomic E-state index is 0.0192. The van der Waals surface area contributed by atoms with Crippen LogP contribution >= 0.6 is 12.6 Å². The predicted molar refractivity (Wildman–Crippen MR) is 146 cm³/mol. The fourth-order valence-corrected chi connectivity index (χ4v) is 3.86. The van der Waals surface area contributed by atoms with Crippen molar-refractivity contribution in [1.82, 2.24) is 16.0 Å². The number of benzene rings is 2. The lowest BCUT2D eigenvalue weighted by Gasteiger charge is -2.24. The molecular weight excluding hydrogens is 526 g/mol. The quantitative estimate of drug-likeness (QED) is 0.130. The molecule has 0 spiro atoms. The predicted octanol–water partition coefficient (Wildman–Crippen LogP) is -0.761. The molecular formula is C26H33N5O7S. The number of carboxylic acids is 1. The van der Waals surface area contributed by atoms with Crippen LogP contribution < -0.4 is 27.4 Å². The first-order chi connectivity index (χ1) is 18.5. The van der Waals surface area contributed by atoms with Gasteiger partial charge in [-0.1, -0.05) is 42.5 Å². The Morgan fingerprint density at radius 1 is 0.769 bits per heavy atom. The third-order valence-electron chi connectivity index (χ3n) is 5.75. The van der Waals surface area contributed by atoms with Crippen molar-refractivity contribution in [2.24, 2.45) is 11.5 Å². The maximum atomic E-state index is 13.0. The van der Waals surface area contributed by atoms with Crippen LogP contribution in [0.5, 0.6) is 5.75 Å². The molecule has 0 saturated heterocycles. The van der Waals surface area contributed by atoms with Gasteiger partial charge < -0.3 is 37.6 Å². The number of hydrogen-bond donors (Lipinski definition) is 8. The number of nitrogens with one attached hydrogen (secondary N) is 3. The van der Waals surface area contributed by atoms with Gasteiger partial charge >= 0.3 is 5.97 Å². The molecule has 0 aliphatic heterocycles. The van der Waals surface area contributed by atoms with Gasteiger partial charge in [0.25, 0.3) is 0 Å². The molecule has 4 amide bonds. The van der Waals surface area contributed by atoms with Gasteiger partial charge in [0.2, 0.25) is 23.6 Å². The van der Waals surface area contributed by atoms with Crippen LogP contribution in [0.1, 0.15) is 24.0 Å². The van der Waals surface area contributed by atoms with Crippen LogP contribution in [-0.2, 0) is 36.8 Å². The van der Waals surface area contributed by atoms with Crippen molar-refractivity contribution < 1.29 is 34.2 Å². The van der Waals surface area contributed by atoms with Crippen LogP contribution in [-0.4, -0.2) is 69.7 Å². The number of amides is 4. The highest BCUT2D eigenvalue weighted by Crippen LogP contribution is 2.11. The van der Waals surface area contributed by atoms with Crippen LogP contribution in [0.2, 0.25) is 0 Å². The van der Waals surface area contributed by atoms with Crippen molar-refractivity contribution in [2.45, 2.75) is 49.9 Å². The molecule has 39 heavy (non-hydrogen) atoms. The van der Waals surface area contributed by atoms with E-state index in [4.69, 9.17) is 11.5 Å². The fraction of sp³-hybridized carbons (Fsp3) is 0.346. The second-order valence-corrected chi connectivity index (χ2v) is 9.24. The molecule has 0 fully saturated rings. The zero-order chi connectivity index (χ0) is 28.9. The lowest BCUT2D eigenvalue weighted by atomic mass is 10.0. The Bertz CT molecular complexity index is 1150. The monoisotopic (exact) mass is 559 g/mol. The third-order valence-corrected chi connectivity index (χ3v) is 6.12. The van der Waals surface area contributed by atoms with Gasteiger partial charge in [-0.15, -0.1) is 0 Å². The van der Waals surface area contributed by atoms with Crippen LogP contribution in [0, 0.1) is 0 Å². The van der Waals surface area contributed by atoms with Gasteiger partial charge in [0.1, 0.15) is 23.9 Å². The van der Waals surface area contributed by atoms with Crippen molar-refractivity contribution in [3.63, 3.8) is 0 Å². The van der Waals surface area contributed by atoms with Gasteiger partial charge in [0.05, 0.1) is 6.04 Å². The van der Waals surface area contributed by atoms with Gasteiger partial charge in [0.15, 0.2) is 0 Å². The molecule has 0 bridgehead atoms. The molecule has 0 aliphatic rings. The first-order valence-electron chi connectivity index (χ1n) is 12.1. The fourth-order valence-electron chi connectivity index (χ4n) is 3.60. The number of thiol groups is 1. The van der Waals surface area contributed by atoms with E-state index in [1.165, 1.54) is 12.1 Å². The van der Waals surface area contributed by atoms with E-state index in [1.54, 1.807) is 42.5 Å². The number of rotatable bonds is 15. The number of carbonyl (C=O) groups excluding carboxylic acids is 4. The smallest absolute Gasteiger partial charge is 0.326 e. The average molecular weight is 560 g/mol. The summed E-state index contributed by atoms with van der Waals surface area (Å²) < 4.78 is 0. The van der Waals surface area contributed by atoms with E-state index >= 15 is 0 Å². The van der Waals surface area contributed by atoms with Crippen LogP contribution in [0.15, 0.2) is 54.6 Å². The largest absolute Gasteiger partial charge is 0.508 e. The van der Waals surface area contributed by atoms with E-state index < -0.39 is 53.8 Å². The highest BCUT2D eigenvalue weighted by Gasteiger charge is 2.30. The number of aliphatic carboxylic acids is 1. The molecule has 0 aromatic heterocycles. The van der Waals surface area contributed by atoms with Gasteiger partial charge in [-0.25, -0.2) is 4.79 Å². The Balaban J connectivity index is 2.06. The minimum atomic E-state index is -1.26. The zero-order valence-electron chi connectivity index (χ0n) is 21.1. The SMILES string of the molecule is NC(=O)CCC(NC(=O)C(N)Cc1ccc(O)cc1)C(=O)NC(CS)C(=O)NC(Cc1ccccc1)C(=O)O. The molecule has 12 nitrogen and oxygen atoms in total. The maximum Gasteiger partial charge on any atom is 0.326 e. The van der Waals surface area contributed by atoms with Gasteiger partial charge in [-0.2, -0.15) is 12.6 Å². The van der Waals surface area contributed by atoms with Crippen molar-refractivity contribution in [1.29, 1.82) is 0 Å². The summed E-state index contributed by atoms with van der Waals surface area (Å²) >= 11 is 4.10. The topological polar surface area (TPSA) is 214 Å². The summed E-state index contributed by atoms with van der Waals surface area (Å²) in [6.45, 7) is 0. The first kappa shape index (κ1) is 31.1. The number of aromatic hydroxyl groups is 1. The Kier molecular flexibility index (Phi) is 12.2. The third kappa shape index (κ3) is 10.7. The van der Waals surface area contributed by atoms with E-state index in [1.807, 2.05) is 0 Å². The standard InChI is InChI=1S/C26H33N5O7S/c27-18(12-16-6-8-17(32)9-7-16)23(34)29-19(10-11-22(28)33)24(35)31-21(14-39)25(36)30-20(26(37)38)13-15-4-2-1-3-5-15/h1-9,18-21,32,39H,10-14,27H2,(H2,28,33)(H,29,34)(H,30,36)(H,31,35)(H,37,38). The van der Waals surface area contributed by atoms with Crippen LogP contribution in [0.4, 0.5) is 0 Å². The van der Waals surface area contributed by atoms with Gasteiger partial charge in [-0.05, 0) is 36.1 Å². The highest BCUT2D eigenvalue weighted by molar-refractivity contribution is 7.80. The Morgan fingerprint density at radius 3 is 1.87 bits per heavy atom. The molecule has 13 heteroatoms. The molecule has 9 N–H and O–H groups in total. The van der Waals surface area contributed by atoms with Gasteiger partial charge in [0, 0.05) is 18.6 Å². The second-order valence-electron chi connectivity index (χ2n) is 8.88. The number of phenolic OH excluding ortho intramolecular Hbond substituents is 1. The van der Waals surface area contributed by atoms with E-state index in [9.17, 15) is 34.2 Å². The number of hydrogen-bond acceptors (Lipinski definition) is 8. The Morgan fingerprint density at radius 2 is 1.31 bits per heavy atom. The molecule has 0 radical (unpaired) electrons. The Labute approximate surface area is 230 Å². The van der Waals surface area contributed by atoms with Crippen LogP contribution in [0.3, 0.4) is 0 Å². The second kappa shape index (κ2) is 15.3. The summed E-state index contributed by atoms with van der Waals surface area (Å²) in [6.07, 6.45) is -0.270. The van der Waals surface area contributed by atoms with E-state index in [-0.39, 0.29) is 37.2 Å². The van der Waals surface area contributed by atoms with Crippen molar-refractivity contribution in [3.8, 4) is 5.75 Å². The van der Waals surface area contributed by atoms with Gasteiger partial charge in [-0.3, -0.25) is 19.2 Å². The first-order valence-corrected chi connectivity index (χ1v) is 12.7. The normalized spacial score (nSPS) is 13.8. The molecule has 2 rings (SSSR count). The molecule has 0 saturated carbocycles.